The third-order valence-electron chi connectivity index (χ3n) is 4.64. The average Bonchev–Trinajstić information content (AvgIpc) is 3.17. The van der Waals surface area contributed by atoms with Crippen LogP contribution in [-0.2, 0) is 4.74 Å². The first-order chi connectivity index (χ1) is 14.8. The van der Waals surface area contributed by atoms with Crippen molar-refractivity contribution in [1.29, 1.82) is 0 Å². The third-order valence-corrected chi connectivity index (χ3v) is 4.64. The molecule has 0 spiro atoms. The number of benzene rings is 3. The molecule has 1 N–H and O–H groups in total. The Bertz CT molecular complexity index is 1250. The Morgan fingerprint density at radius 2 is 1.65 bits per heavy atom. The molecule has 0 bridgehead atoms. The van der Waals surface area contributed by atoms with Crippen molar-refractivity contribution < 1.29 is 14.3 Å². The van der Waals surface area contributed by atoms with E-state index in [1.807, 2.05) is 41.0 Å². The van der Waals surface area contributed by atoms with E-state index in [1.54, 1.807) is 63.5 Å². The number of aromatic nitrogens is 2. The highest BCUT2D eigenvalue weighted by Crippen LogP contribution is 2.26. The fourth-order valence-electron chi connectivity index (χ4n) is 3.25. The average molecular weight is 413 g/mol. The number of carbonyl (C=O) groups excluding carboxylic acids is 2. The molecule has 1 amide bonds. The van der Waals surface area contributed by atoms with Crippen LogP contribution in [0.2, 0.25) is 0 Å². The first-order valence-corrected chi connectivity index (χ1v) is 9.98. The minimum Gasteiger partial charge on any atom is -0.456 e. The van der Waals surface area contributed by atoms with Gasteiger partial charge in [-0.05, 0) is 63.2 Å². The van der Waals surface area contributed by atoms with Gasteiger partial charge in [0.05, 0.1) is 22.3 Å². The number of amides is 1. The number of fused-ring (bicyclic) bond motifs is 1. The maximum absolute atomic E-state index is 12.8. The molecule has 31 heavy (non-hydrogen) atoms. The van der Waals surface area contributed by atoms with Gasteiger partial charge in [0.2, 0.25) is 0 Å². The van der Waals surface area contributed by atoms with Gasteiger partial charge in [-0.3, -0.25) is 9.36 Å². The Balaban J connectivity index is 1.77. The maximum atomic E-state index is 12.8. The number of hydrogen-bond donors (Lipinski definition) is 1. The fraction of sp³-hybridized carbons (Fsp3) is 0.160. The molecule has 0 aliphatic rings. The molecule has 1 heterocycles. The Morgan fingerprint density at radius 1 is 0.935 bits per heavy atom. The zero-order chi connectivity index (χ0) is 22.0. The zero-order valence-corrected chi connectivity index (χ0v) is 17.6. The van der Waals surface area contributed by atoms with Gasteiger partial charge in [0.15, 0.2) is 0 Å². The third kappa shape index (κ3) is 4.48. The number of nitrogens with zero attached hydrogens (tertiary/aromatic N) is 2. The Labute approximate surface area is 180 Å². The zero-order valence-electron chi connectivity index (χ0n) is 17.6. The summed E-state index contributed by atoms with van der Waals surface area (Å²) in [6, 6.07) is 21.9. The van der Waals surface area contributed by atoms with Crippen molar-refractivity contribution in [2.45, 2.75) is 26.4 Å². The summed E-state index contributed by atoms with van der Waals surface area (Å²) >= 11 is 0. The van der Waals surface area contributed by atoms with E-state index >= 15 is 0 Å². The highest BCUT2D eigenvalue weighted by Gasteiger charge is 2.22. The number of nitrogens with one attached hydrogen (secondary N) is 1. The van der Waals surface area contributed by atoms with Gasteiger partial charge in [-0.1, -0.05) is 30.3 Å². The highest BCUT2D eigenvalue weighted by atomic mass is 16.6. The van der Waals surface area contributed by atoms with Gasteiger partial charge >= 0.3 is 5.97 Å². The molecule has 4 aromatic rings. The molecule has 1 aromatic heterocycles. The summed E-state index contributed by atoms with van der Waals surface area (Å²) in [6.07, 6.45) is 1.72. The van der Waals surface area contributed by atoms with Crippen molar-refractivity contribution in [3.8, 4) is 5.69 Å². The lowest BCUT2D eigenvalue weighted by Crippen LogP contribution is -2.25. The summed E-state index contributed by atoms with van der Waals surface area (Å²) in [6.45, 7) is 5.41. The van der Waals surface area contributed by atoms with Crippen LogP contribution in [0.25, 0.3) is 16.7 Å². The molecule has 0 saturated carbocycles. The highest BCUT2D eigenvalue weighted by molar-refractivity contribution is 6.08. The van der Waals surface area contributed by atoms with Crippen molar-refractivity contribution in [2.75, 3.05) is 5.32 Å². The number of imidazole rings is 1. The van der Waals surface area contributed by atoms with E-state index in [9.17, 15) is 9.59 Å². The predicted molar refractivity (Wildman–Crippen MR) is 121 cm³/mol. The molecule has 0 unspecified atom stereocenters. The van der Waals surface area contributed by atoms with Crippen LogP contribution < -0.4 is 5.32 Å². The van der Waals surface area contributed by atoms with Crippen LogP contribution in [0, 0.1) is 0 Å². The molecular weight excluding hydrogens is 390 g/mol. The number of para-hydroxylation sites is 2. The normalized spacial score (nSPS) is 11.3. The fourth-order valence-corrected chi connectivity index (χ4v) is 3.25. The maximum Gasteiger partial charge on any atom is 0.340 e. The summed E-state index contributed by atoms with van der Waals surface area (Å²) in [5.41, 5.74) is 3.05. The van der Waals surface area contributed by atoms with E-state index in [-0.39, 0.29) is 11.5 Å². The number of rotatable bonds is 4. The number of hydrogen-bond acceptors (Lipinski definition) is 4. The topological polar surface area (TPSA) is 73.2 Å². The smallest absolute Gasteiger partial charge is 0.340 e. The molecule has 0 aliphatic carbocycles. The minimum absolute atomic E-state index is 0.285. The van der Waals surface area contributed by atoms with Gasteiger partial charge in [0.1, 0.15) is 11.9 Å². The van der Waals surface area contributed by atoms with Crippen molar-refractivity contribution in [3.05, 3.63) is 90.3 Å². The van der Waals surface area contributed by atoms with E-state index in [0.29, 0.717) is 11.3 Å². The van der Waals surface area contributed by atoms with Crippen LogP contribution in [0.3, 0.4) is 0 Å². The molecule has 6 heteroatoms. The van der Waals surface area contributed by atoms with Crippen LogP contribution in [-0.4, -0.2) is 27.0 Å². The van der Waals surface area contributed by atoms with Gasteiger partial charge in [0.25, 0.3) is 5.91 Å². The van der Waals surface area contributed by atoms with Crippen LogP contribution in [0.15, 0.2) is 79.1 Å². The minimum atomic E-state index is -0.656. The molecule has 0 saturated heterocycles. The number of anilines is 1. The number of esters is 1. The molecule has 0 aliphatic heterocycles. The van der Waals surface area contributed by atoms with Gasteiger partial charge in [-0.25, -0.2) is 9.78 Å². The summed E-state index contributed by atoms with van der Waals surface area (Å²) in [7, 11) is 0. The van der Waals surface area contributed by atoms with Gasteiger partial charge in [0, 0.05) is 11.3 Å². The van der Waals surface area contributed by atoms with E-state index in [4.69, 9.17) is 4.74 Å². The van der Waals surface area contributed by atoms with Gasteiger partial charge < -0.3 is 10.1 Å². The SMILES string of the molecule is CC(C)(C)OC(=O)c1ccc(-n2cnc3ccccc32)cc1NC(=O)c1ccccc1. The predicted octanol–water partition coefficient (Wildman–Crippen LogP) is 5.23. The summed E-state index contributed by atoms with van der Waals surface area (Å²) in [4.78, 5) is 30.0. The number of ether oxygens (including phenoxy) is 1. The molecule has 0 fully saturated rings. The van der Waals surface area contributed by atoms with Gasteiger partial charge in [-0.15, -0.1) is 0 Å². The molecule has 4 rings (SSSR count). The first-order valence-electron chi connectivity index (χ1n) is 9.98. The van der Waals surface area contributed by atoms with Crippen LogP contribution >= 0.6 is 0 Å². The van der Waals surface area contributed by atoms with E-state index in [2.05, 4.69) is 10.3 Å². The quantitative estimate of drug-likeness (QED) is 0.465. The second-order valence-electron chi connectivity index (χ2n) is 8.16. The second-order valence-corrected chi connectivity index (χ2v) is 8.16. The molecular formula is C25H23N3O3. The van der Waals surface area contributed by atoms with Crippen LogP contribution in [0.5, 0.6) is 0 Å². The van der Waals surface area contributed by atoms with Gasteiger partial charge in [-0.2, -0.15) is 0 Å². The number of carbonyl (C=O) groups is 2. The molecule has 6 nitrogen and oxygen atoms in total. The molecule has 0 atom stereocenters. The van der Waals surface area contributed by atoms with Crippen molar-refractivity contribution in [1.82, 2.24) is 9.55 Å². The lowest BCUT2D eigenvalue weighted by atomic mass is 10.1. The van der Waals surface area contributed by atoms with Crippen LogP contribution in [0.1, 0.15) is 41.5 Å². The lowest BCUT2D eigenvalue weighted by molar-refractivity contribution is 0.00708. The lowest BCUT2D eigenvalue weighted by Gasteiger charge is -2.21. The van der Waals surface area contributed by atoms with E-state index in [0.717, 1.165) is 16.7 Å². The molecule has 0 radical (unpaired) electrons. The summed E-state index contributed by atoms with van der Waals surface area (Å²) in [5, 5.41) is 2.87. The Hall–Kier alpha value is -3.93. The molecule has 3 aromatic carbocycles. The monoisotopic (exact) mass is 413 g/mol. The van der Waals surface area contributed by atoms with Crippen molar-refractivity contribution in [2.24, 2.45) is 0 Å². The second kappa shape index (κ2) is 8.07. The molecule has 156 valence electrons. The summed E-state index contributed by atoms with van der Waals surface area (Å²) in [5.74, 6) is -0.809. The first kappa shape index (κ1) is 20.3. The Morgan fingerprint density at radius 3 is 2.39 bits per heavy atom. The Kier molecular flexibility index (Phi) is 5.29. The standard InChI is InChI=1S/C25H23N3O3/c1-25(2,3)31-24(30)19-14-13-18(28-16-26-20-11-7-8-12-22(20)28)15-21(19)27-23(29)17-9-5-4-6-10-17/h4-16H,1-3H3,(H,27,29). The van der Waals surface area contributed by atoms with Crippen LogP contribution in [0.4, 0.5) is 5.69 Å². The van der Waals surface area contributed by atoms with Crippen molar-refractivity contribution >= 4 is 28.6 Å². The van der Waals surface area contributed by atoms with E-state index in [1.165, 1.54) is 0 Å². The van der Waals surface area contributed by atoms with Crippen molar-refractivity contribution in [3.63, 3.8) is 0 Å². The largest absolute Gasteiger partial charge is 0.456 e. The summed E-state index contributed by atoms with van der Waals surface area (Å²) < 4.78 is 7.45. The van der Waals surface area contributed by atoms with E-state index < -0.39 is 11.6 Å².